The predicted molar refractivity (Wildman–Crippen MR) is 114 cm³/mol. The average Bonchev–Trinajstić information content (AvgIpc) is 3.16. The van der Waals surface area contributed by atoms with E-state index in [1.165, 1.54) is 13.0 Å². The first-order valence-corrected chi connectivity index (χ1v) is 10.2. The highest BCUT2D eigenvalue weighted by Gasteiger charge is 2.26. The van der Waals surface area contributed by atoms with Crippen LogP contribution in [0.4, 0.5) is 10.1 Å². The van der Waals surface area contributed by atoms with Gasteiger partial charge in [-0.2, -0.15) is 0 Å². The summed E-state index contributed by atoms with van der Waals surface area (Å²) in [5.74, 6) is 0.898. The molecule has 1 amide bonds. The largest absolute Gasteiger partial charge is 0.491 e. The van der Waals surface area contributed by atoms with Gasteiger partial charge in [0, 0.05) is 33.1 Å². The maximum Gasteiger partial charge on any atom is 0.217 e. The van der Waals surface area contributed by atoms with E-state index in [-0.39, 0.29) is 23.9 Å². The van der Waals surface area contributed by atoms with Gasteiger partial charge in [0.1, 0.15) is 30.0 Å². The standard InChI is InChI=1S/C23H29FN2O4/c1-16(25-17(2)27)18-4-6-19(7-5-18)30-21-10-11-26(15-21)23-9-8-20(14-22(23)24)29-13-12-28-3/h4-9,14,16,21H,10-13,15H2,1-3H3,(H,25,27)/t16-,21?/m0/s1. The van der Waals surface area contributed by atoms with E-state index >= 15 is 0 Å². The van der Waals surface area contributed by atoms with Crippen molar-refractivity contribution in [1.29, 1.82) is 0 Å². The lowest BCUT2D eigenvalue weighted by atomic mass is 10.1. The molecule has 0 saturated carbocycles. The highest BCUT2D eigenvalue weighted by molar-refractivity contribution is 5.73. The van der Waals surface area contributed by atoms with Crippen molar-refractivity contribution in [2.24, 2.45) is 0 Å². The van der Waals surface area contributed by atoms with Gasteiger partial charge in [-0.25, -0.2) is 4.39 Å². The molecule has 2 atom stereocenters. The van der Waals surface area contributed by atoms with Gasteiger partial charge in [0.05, 0.1) is 24.9 Å². The number of carbonyl (C=O) groups is 1. The van der Waals surface area contributed by atoms with Crippen LogP contribution in [0.5, 0.6) is 11.5 Å². The van der Waals surface area contributed by atoms with E-state index < -0.39 is 0 Å². The Morgan fingerprint density at radius 3 is 2.60 bits per heavy atom. The predicted octanol–water partition coefficient (Wildman–Crippen LogP) is 3.71. The van der Waals surface area contributed by atoms with Gasteiger partial charge in [-0.3, -0.25) is 4.79 Å². The normalized spacial score (nSPS) is 16.9. The second-order valence-corrected chi connectivity index (χ2v) is 7.42. The lowest BCUT2D eigenvalue weighted by Gasteiger charge is -2.20. The van der Waals surface area contributed by atoms with Crippen molar-refractivity contribution in [3.63, 3.8) is 0 Å². The Hall–Kier alpha value is -2.80. The second kappa shape index (κ2) is 10.3. The number of ether oxygens (including phenoxy) is 3. The molecule has 6 nitrogen and oxygen atoms in total. The molecule has 0 radical (unpaired) electrons. The number of amides is 1. The topological polar surface area (TPSA) is 60.0 Å². The highest BCUT2D eigenvalue weighted by Crippen LogP contribution is 2.29. The average molecular weight is 416 g/mol. The first kappa shape index (κ1) is 21.9. The van der Waals surface area contributed by atoms with Gasteiger partial charge >= 0.3 is 0 Å². The number of nitrogens with one attached hydrogen (secondary N) is 1. The summed E-state index contributed by atoms with van der Waals surface area (Å²) in [5, 5.41) is 2.86. The molecule has 1 saturated heterocycles. The van der Waals surface area contributed by atoms with Gasteiger partial charge < -0.3 is 24.4 Å². The Kier molecular flexibility index (Phi) is 7.52. The fourth-order valence-electron chi connectivity index (χ4n) is 3.54. The maximum absolute atomic E-state index is 14.6. The van der Waals surface area contributed by atoms with Crippen molar-refractivity contribution in [2.45, 2.75) is 32.4 Å². The van der Waals surface area contributed by atoms with Gasteiger partial charge in [0.2, 0.25) is 5.91 Å². The lowest BCUT2D eigenvalue weighted by molar-refractivity contribution is -0.119. The summed E-state index contributed by atoms with van der Waals surface area (Å²) in [6.07, 6.45) is 0.802. The number of rotatable bonds is 9. The molecule has 7 heteroatoms. The van der Waals surface area contributed by atoms with E-state index in [0.29, 0.717) is 31.2 Å². The van der Waals surface area contributed by atoms with Crippen molar-refractivity contribution >= 4 is 11.6 Å². The maximum atomic E-state index is 14.6. The number of hydrogen-bond acceptors (Lipinski definition) is 5. The molecule has 1 fully saturated rings. The molecule has 0 spiro atoms. The van der Waals surface area contributed by atoms with Crippen LogP contribution in [0, 0.1) is 5.82 Å². The van der Waals surface area contributed by atoms with Crippen LogP contribution in [0.1, 0.15) is 31.9 Å². The summed E-state index contributed by atoms with van der Waals surface area (Å²) < 4.78 is 31.0. The van der Waals surface area contributed by atoms with Crippen LogP contribution < -0.4 is 19.7 Å². The van der Waals surface area contributed by atoms with E-state index in [1.54, 1.807) is 19.2 Å². The van der Waals surface area contributed by atoms with Crippen LogP contribution in [-0.4, -0.2) is 45.4 Å². The van der Waals surface area contributed by atoms with Gasteiger partial charge in [-0.15, -0.1) is 0 Å². The molecule has 1 aliphatic rings. The van der Waals surface area contributed by atoms with Crippen LogP contribution in [0.3, 0.4) is 0 Å². The molecule has 30 heavy (non-hydrogen) atoms. The van der Waals surface area contributed by atoms with Crippen LogP contribution in [0.2, 0.25) is 0 Å². The summed E-state index contributed by atoms with van der Waals surface area (Å²) in [6.45, 7) is 5.63. The number of hydrogen-bond donors (Lipinski definition) is 1. The SMILES string of the molecule is COCCOc1ccc(N2CCC(Oc3ccc([C@H](C)NC(C)=O)cc3)C2)c(F)c1. The number of benzene rings is 2. The minimum Gasteiger partial charge on any atom is -0.491 e. The van der Waals surface area contributed by atoms with Crippen molar-refractivity contribution < 1.29 is 23.4 Å². The molecule has 2 aromatic carbocycles. The summed E-state index contributed by atoms with van der Waals surface area (Å²) >= 11 is 0. The van der Waals surface area contributed by atoms with Gasteiger partial charge in [0.25, 0.3) is 0 Å². The summed E-state index contributed by atoms with van der Waals surface area (Å²) in [7, 11) is 1.60. The minimum absolute atomic E-state index is 0.0133. The third-order valence-corrected chi connectivity index (χ3v) is 5.06. The lowest BCUT2D eigenvalue weighted by Crippen LogP contribution is -2.25. The number of nitrogens with zero attached hydrogens (tertiary/aromatic N) is 1. The zero-order valence-electron chi connectivity index (χ0n) is 17.7. The molecular formula is C23H29FN2O4. The molecule has 0 aromatic heterocycles. The molecule has 1 N–H and O–H groups in total. The van der Waals surface area contributed by atoms with Crippen LogP contribution in [0.25, 0.3) is 0 Å². The third kappa shape index (κ3) is 5.86. The number of anilines is 1. The third-order valence-electron chi connectivity index (χ3n) is 5.06. The fourth-order valence-corrected chi connectivity index (χ4v) is 3.54. The van der Waals surface area contributed by atoms with Crippen LogP contribution in [0.15, 0.2) is 42.5 Å². The van der Waals surface area contributed by atoms with E-state index in [4.69, 9.17) is 14.2 Å². The first-order chi connectivity index (χ1) is 14.5. The van der Waals surface area contributed by atoms with Crippen LogP contribution >= 0.6 is 0 Å². The summed E-state index contributed by atoms with van der Waals surface area (Å²) in [5.41, 5.74) is 1.57. The van der Waals surface area contributed by atoms with Crippen molar-refractivity contribution in [3.8, 4) is 11.5 Å². The molecule has 1 unspecified atom stereocenters. The number of halogens is 1. The zero-order valence-corrected chi connectivity index (χ0v) is 17.7. The van der Waals surface area contributed by atoms with Crippen molar-refractivity contribution in [3.05, 3.63) is 53.8 Å². The van der Waals surface area contributed by atoms with E-state index in [9.17, 15) is 9.18 Å². The summed E-state index contributed by atoms with van der Waals surface area (Å²) in [4.78, 5) is 13.2. The minimum atomic E-state index is -0.304. The van der Waals surface area contributed by atoms with Crippen molar-refractivity contribution in [2.75, 3.05) is 38.3 Å². The van der Waals surface area contributed by atoms with Crippen molar-refractivity contribution in [1.82, 2.24) is 5.32 Å². The second-order valence-electron chi connectivity index (χ2n) is 7.42. The monoisotopic (exact) mass is 416 g/mol. The number of carbonyl (C=O) groups excluding carboxylic acids is 1. The molecule has 0 aliphatic carbocycles. The Bertz CT molecular complexity index is 844. The van der Waals surface area contributed by atoms with E-state index in [0.717, 1.165) is 24.3 Å². The Morgan fingerprint density at radius 2 is 1.93 bits per heavy atom. The van der Waals surface area contributed by atoms with E-state index in [1.807, 2.05) is 36.1 Å². The number of methoxy groups -OCH3 is 1. The molecule has 1 heterocycles. The fraction of sp³-hybridized carbons (Fsp3) is 0.435. The van der Waals surface area contributed by atoms with Gasteiger partial charge in [-0.05, 0) is 36.8 Å². The molecule has 1 aliphatic heterocycles. The van der Waals surface area contributed by atoms with Crippen LogP contribution in [-0.2, 0) is 9.53 Å². The van der Waals surface area contributed by atoms with Gasteiger partial charge in [-0.1, -0.05) is 12.1 Å². The molecular weight excluding hydrogens is 387 g/mol. The Morgan fingerprint density at radius 1 is 1.20 bits per heavy atom. The first-order valence-electron chi connectivity index (χ1n) is 10.2. The molecule has 2 aromatic rings. The Balaban J connectivity index is 1.55. The Labute approximate surface area is 176 Å². The molecule has 3 rings (SSSR count). The smallest absolute Gasteiger partial charge is 0.217 e. The van der Waals surface area contributed by atoms with Gasteiger partial charge in [0.15, 0.2) is 0 Å². The summed E-state index contributed by atoms with van der Waals surface area (Å²) in [6, 6.07) is 12.6. The zero-order chi connectivity index (χ0) is 21.5. The molecule has 0 bridgehead atoms. The highest BCUT2D eigenvalue weighted by atomic mass is 19.1. The molecule has 162 valence electrons. The van der Waals surface area contributed by atoms with E-state index in [2.05, 4.69) is 5.32 Å². The quantitative estimate of drug-likeness (QED) is 0.632.